The van der Waals surface area contributed by atoms with Crippen LogP contribution >= 0.6 is 0 Å². The molecule has 1 N–H and O–H groups in total. The van der Waals surface area contributed by atoms with E-state index < -0.39 is 0 Å². The second-order valence-electron chi connectivity index (χ2n) is 8.57. The van der Waals surface area contributed by atoms with Crippen molar-refractivity contribution < 1.29 is 19.4 Å². The molecule has 3 fully saturated rings. The molecule has 0 aromatic heterocycles. The fourth-order valence-electron chi connectivity index (χ4n) is 6.85. The monoisotopic (exact) mass is 384 g/mol. The third-order valence-electron chi connectivity index (χ3n) is 7.80. The maximum absolute atomic E-state index is 13.2. The first-order chi connectivity index (χ1) is 13.6. The number of anilines is 1. The van der Waals surface area contributed by atoms with Crippen LogP contribution in [0.2, 0.25) is 0 Å². The Hall–Kier alpha value is -2.05. The predicted octanol–water partition coefficient (Wildman–Crippen LogP) is 1.57. The van der Waals surface area contributed by atoms with Crippen LogP contribution < -0.4 is 9.64 Å². The van der Waals surface area contributed by atoms with Crippen LogP contribution in [0, 0.1) is 11.8 Å². The predicted molar refractivity (Wildman–Crippen MR) is 106 cm³/mol. The molecule has 0 radical (unpaired) electrons. The summed E-state index contributed by atoms with van der Waals surface area (Å²) in [6.07, 6.45) is 3.80. The second kappa shape index (κ2) is 6.22. The van der Waals surface area contributed by atoms with Crippen LogP contribution in [-0.4, -0.2) is 69.0 Å². The van der Waals surface area contributed by atoms with Crippen LogP contribution in [0.5, 0.6) is 5.75 Å². The number of fused-ring (bicyclic) bond motifs is 2. The second-order valence-corrected chi connectivity index (χ2v) is 8.57. The highest BCUT2D eigenvalue weighted by Crippen LogP contribution is 2.63. The molecule has 28 heavy (non-hydrogen) atoms. The topological polar surface area (TPSA) is 62.2 Å². The molecular formula is C22H28N2O4. The third kappa shape index (κ3) is 2.08. The molecule has 4 aliphatic rings. The molecule has 6 nitrogen and oxygen atoms in total. The first-order valence-electron chi connectivity index (χ1n) is 10.1. The summed E-state index contributed by atoms with van der Waals surface area (Å²) < 4.78 is 10.9. The first kappa shape index (κ1) is 18.0. The Labute approximate surface area is 165 Å². The summed E-state index contributed by atoms with van der Waals surface area (Å²) in [6, 6.07) is 6.93. The summed E-state index contributed by atoms with van der Waals surface area (Å²) in [6.45, 7) is 1.81. The first-order valence-corrected chi connectivity index (χ1v) is 10.1. The number of ether oxygens (including phenoxy) is 2. The van der Waals surface area contributed by atoms with Gasteiger partial charge in [0, 0.05) is 36.8 Å². The van der Waals surface area contributed by atoms with Gasteiger partial charge in [0.15, 0.2) is 0 Å². The average molecular weight is 384 g/mol. The minimum atomic E-state index is -0.261. The molecule has 3 aliphatic heterocycles. The maximum atomic E-state index is 13.2. The minimum Gasteiger partial charge on any atom is -0.497 e. The van der Waals surface area contributed by atoms with Crippen LogP contribution in [0.1, 0.15) is 18.4 Å². The minimum absolute atomic E-state index is 0.0162. The van der Waals surface area contributed by atoms with Crippen molar-refractivity contribution in [2.75, 3.05) is 45.9 Å². The molecule has 150 valence electrons. The number of carbonyl (C=O) groups is 1. The standard InChI is InChI=1S/C22H28N2O4/c1-23-17-10-14(27-2)4-5-16(17)22-7-8-24-12-13(6-9-25)15(11-18(24)20(22)23)19(22)21(26)28-3/h4-6,10,15,18-20,25H,7-9,11-12H2,1-3H3. The van der Waals surface area contributed by atoms with Gasteiger partial charge in [-0.2, -0.15) is 0 Å². The van der Waals surface area contributed by atoms with Crippen molar-refractivity contribution in [2.24, 2.45) is 11.8 Å². The number of hydrogen-bond acceptors (Lipinski definition) is 6. The summed E-state index contributed by atoms with van der Waals surface area (Å²) >= 11 is 0. The van der Waals surface area contributed by atoms with E-state index in [0.717, 1.165) is 31.7 Å². The molecule has 5 rings (SSSR count). The molecule has 6 heteroatoms. The number of aliphatic hydroxyl groups excluding tert-OH is 1. The Morgan fingerprint density at radius 3 is 2.93 bits per heavy atom. The van der Waals surface area contributed by atoms with Crippen LogP contribution in [0.25, 0.3) is 0 Å². The van der Waals surface area contributed by atoms with Crippen LogP contribution in [0.3, 0.4) is 0 Å². The lowest BCUT2D eigenvalue weighted by molar-refractivity contribution is -0.158. The Morgan fingerprint density at radius 1 is 1.39 bits per heavy atom. The lowest BCUT2D eigenvalue weighted by Crippen LogP contribution is -2.72. The van der Waals surface area contributed by atoms with E-state index in [-0.39, 0.29) is 35.9 Å². The summed E-state index contributed by atoms with van der Waals surface area (Å²) in [7, 11) is 5.35. The van der Waals surface area contributed by atoms with Crippen LogP contribution in [0.15, 0.2) is 29.8 Å². The van der Waals surface area contributed by atoms with Crippen molar-refractivity contribution in [3.8, 4) is 5.75 Å². The van der Waals surface area contributed by atoms with Gasteiger partial charge in [0.1, 0.15) is 5.75 Å². The van der Waals surface area contributed by atoms with E-state index in [4.69, 9.17) is 9.47 Å². The highest BCUT2D eigenvalue weighted by atomic mass is 16.5. The summed E-state index contributed by atoms with van der Waals surface area (Å²) in [5, 5.41) is 9.58. The zero-order chi connectivity index (χ0) is 19.6. The van der Waals surface area contributed by atoms with E-state index in [1.807, 2.05) is 12.1 Å². The van der Waals surface area contributed by atoms with Gasteiger partial charge in [0.25, 0.3) is 0 Å². The molecule has 2 saturated heterocycles. The third-order valence-corrected chi connectivity index (χ3v) is 7.80. The van der Waals surface area contributed by atoms with Gasteiger partial charge < -0.3 is 19.5 Å². The highest BCUT2D eigenvalue weighted by molar-refractivity contribution is 5.81. The molecule has 0 amide bonds. The zero-order valence-corrected chi connectivity index (χ0v) is 16.7. The summed E-state index contributed by atoms with van der Waals surface area (Å²) in [5.41, 5.74) is 3.34. The van der Waals surface area contributed by atoms with Crippen molar-refractivity contribution in [2.45, 2.75) is 30.3 Å². The molecule has 1 saturated carbocycles. The quantitative estimate of drug-likeness (QED) is 0.631. The van der Waals surface area contributed by atoms with E-state index in [9.17, 15) is 9.90 Å². The average Bonchev–Trinajstić information content (AvgIpc) is 2.98. The van der Waals surface area contributed by atoms with Gasteiger partial charge in [-0.05, 0) is 36.9 Å². The van der Waals surface area contributed by atoms with E-state index >= 15 is 0 Å². The fraction of sp³-hybridized carbons (Fsp3) is 0.591. The zero-order valence-electron chi connectivity index (χ0n) is 16.7. The number of aliphatic hydroxyl groups is 1. The van der Waals surface area contributed by atoms with Gasteiger partial charge in [-0.1, -0.05) is 17.7 Å². The number of piperidine rings is 2. The smallest absolute Gasteiger partial charge is 0.310 e. The summed E-state index contributed by atoms with van der Waals surface area (Å²) in [5.74, 6) is 0.619. The van der Waals surface area contributed by atoms with Crippen molar-refractivity contribution >= 4 is 11.7 Å². The van der Waals surface area contributed by atoms with Crippen molar-refractivity contribution in [1.29, 1.82) is 0 Å². The maximum Gasteiger partial charge on any atom is 0.310 e. The normalized spacial score (nSPS) is 37.0. The van der Waals surface area contributed by atoms with Gasteiger partial charge in [-0.3, -0.25) is 9.69 Å². The number of likely N-dealkylation sites (N-methyl/N-ethyl adjacent to an activating group) is 1. The molecule has 1 aromatic rings. The van der Waals surface area contributed by atoms with Gasteiger partial charge in [-0.15, -0.1) is 0 Å². The number of rotatable bonds is 3. The Morgan fingerprint density at radius 2 is 2.21 bits per heavy atom. The molecular weight excluding hydrogens is 356 g/mol. The SMILES string of the molecule is COC(=O)C1C2CC3C4N(C)c5cc(OC)ccc5C14CCN3CC2=CCO. The number of hydrogen-bond donors (Lipinski definition) is 1. The molecule has 3 heterocycles. The number of nitrogens with zero attached hydrogens (tertiary/aromatic N) is 2. The molecule has 3 bridgehead atoms. The number of methoxy groups -OCH3 is 2. The largest absolute Gasteiger partial charge is 0.497 e. The molecule has 5 atom stereocenters. The Bertz CT molecular complexity index is 853. The number of esters is 1. The molecule has 0 spiro atoms. The highest BCUT2D eigenvalue weighted by Gasteiger charge is 2.68. The summed E-state index contributed by atoms with van der Waals surface area (Å²) in [4.78, 5) is 18.1. The van der Waals surface area contributed by atoms with Crippen LogP contribution in [-0.2, 0) is 14.9 Å². The van der Waals surface area contributed by atoms with Crippen molar-refractivity contribution in [1.82, 2.24) is 4.90 Å². The molecule has 1 aliphatic carbocycles. The fourth-order valence-corrected chi connectivity index (χ4v) is 6.85. The lowest BCUT2D eigenvalue weighted by atomic mass is 9.50. The van der Waals surface area contributed by atoms with E-state index in [2.05, 4.69) is 29.0 Å². The van der Waals surface area contributed by atoms with E-state index in [1.165, 1.54) is 23.9 Å². The van der Waals surface area contributed by atoms with Gasteiger partial charge in [0.05, 0.1) is 32.8 Å². The van der Waals surface area contributed by atoms with Crippen molar-refractivity contribution in [3.63, 3.8) is 0 Å². The lowest BCUT2D eigenvalue weighted by Gasteiger charge is -2.63. The van der Waals surface area contributed by atoms with Gasteiger partial charge in [-0.25, -0.2) is 0 Å². The Kier molecular flexibility index (Phi) is 4.00. The molecule has 1 aromatic carbocycles. The number of benzene rings is 1. The van der Waals surface area contributed by atoms with Crippen LogP contribution in [0.4, 0.5) is 5.69 Å². The van der Waals surface area contributed by atoms with E-state index in [1.54, 1.807) is 7.11 Å². The van der Waals surface area contributed by atoms with Gasteiger partial charge in [0.2, 0.25) is 0 Å². The number of carbonyl (C=O) groups excluding carboxylic acids is 1. The van der Waals surface area contributed by atoms with E-state index in [0.29, 0.717) is 6.04 Å². The molecule has 5 unspecified atom stereocenters. The van der Waals surface area contributed by atoms with Gasteiger partial charge >= 0.3 is 5.97 Å². The Balaban J connectivity index is 1.74. The van der Waals surface area contributed by atoms with Crippen molar-refractivity contribution in [3.05, 3.63) is 35.4 Å².